The van der Waals surface area contributed by atoms with E-state index < -0.39 is 6.43 Å². The fourth-order valence-electron chi connectivity index (χ4n) is 1.23. The van der Waals surface area contributed by atoms with Gasteiger partial charge < -0.3 is 5.73 Å². The Bertz CT molecular complexity index is 382. The van der Waals surface area contributed by atoms with E-state index in [1.165, 1.54) is 0 Å². The highest BCUT2D eigenvalue weighted by Crippen LogP contribution is 2.25. The first-order valence-electron chi connectivity index (χ1n) is 3.98. The van der Waals surface area contributed by atoms with E-state index in [1.807, 2.05) is 6.07 Å². The number of nitrogens with two attached hydrogens (primary N) is 1. The predicted molar refractivity (Wildman–Crippen MR) is 46.5 cm³/mol. The molecule has 0 aromatic carbocycles. The molecule has 0 unspecified atom stereocenters. The molecule has 0 bridgehead atoms. The van der Waals surface area contributed by atoms with Gasteiger partial charge in [-0.2, -0.15) is 5.26 Å². The second-order valence-electron chi connectivity index (χ2n) is 2.77. The van der Waals surface area contributed by atoms with E-state index in [-0.39, 0.29) is 23.2 Å². The van der Waals surface area contributed by atoms with Crippen molar-refractivity contribution >= 4 is 0 Å². The van der Waals surface area contributed by atoms with Gasteiger partial charge in [-0.15, -0.1) is 0 Å². The van der Waals surface area contributed by atoms with Crippen molar-refractivity contribution in [2.75, 3.05) is 0 Å². The van der Waals surface area contributed by atoms with Gasteiger partial charge in [0.1, 0.15) is 6.07 Å². The summed E-state index contributed by atoms with van der Waals surface area (Å²) in [4.78, 5) is 3.72. The quantitative estimate of drug-likeness (QED) is 0.784. The molecule has 0 aliphatic heterocycles. The molecule has 0 spiro atoms. The highest BCUT2D eigenvalue weighted by Gasteiger charge is 2.17. The number of rotatable bonds is 2. The number of hydrogen-bond acceptors (Lipinski definition) is 3. The molecule has 0 saturated carbocycles. The van der Waals surface area contributed by atoms with Gasteiger partial charge in [0.2, 0.25) is 0 Å². The Morgan fingerprint density at radius 1 is 1.64 bits per heavy atom. The molecule has 1 aromatic rings. The molecule has 1 rings (SSSR count). The average molecular weight is 197 g/mol. The summed E-state index contributed by atoms with van der Waals surface area (Å²) in [5.41, 5.74) is 5.84. The van der Waals surface area contributed by atoms with Crippen LogP contribution >= 0.6 is 0 Å². The second-order valence-corrected chi connectivity index (χ2v) is 2.77. The minimum atomic E-state index is -2.64. The highest BCUT2D eigenvalue weighted by atomic mass is 19.3. The van der Waals surface area contributed by atoms with Gasteiger partial charge in [0.05, 0.1) is 11.3 Å². The largest absolute Gasteiger partial charge is 0.326 e. The van der Waals surface area contributed by atoms with E-state index in [9.17, 15) is 8.78 Å². The zero-order valence-corrected chi connectivity index (χ0v) is 7.59. The number of halogens is 2. The van der Waals surface area contributed by atoms with E-state index >= 15 is 0 Å². The van der Waals surface area contributed by atoms with E-state index in [2.05, 4.69) is 4.98 Å². The Labute approximate surface area is 80.2 Å². The van der Waals surface area contributed by atoms with Gasteiger partial charge in [0, 0.05) is 18.3 Å². The number of pyridine rings is 1. The molecule has 0 fully saturated rings. The molecular weight excluding hydrogens is 188 g/mol. The first-order chi connectivity index (χ1) is 6.61. The third kappa shape index (κ3) is 1.70. The summed E-state index contributed by atoms with van der Waals surface area (Å²) in [6.45, 7) is 1.51. The van der Waals surface area contributed by atoms with Gasteiger partial charge in [-0.3, -0.25) is 4.98 Å². The van der Waals surface area contributed by atoms with Crippen LogP contribution in [-0.4, -0.2) is 4.98 Å². The molecule has 74 valence electrons. The summed E-state index contributed by atoms with van der Waals surface area (Å²) < 4.78 is 24.9. The minimum Gasteiger partial charge on any atom is -0.326 e. The molecule has 1 aromatic heterocycles. The van der Waals surface area contributed by atoms with Crippen molar-refractivity contribution in [2.45, 2.75) is 19.9 Å². The van der Waals surface area contributed by atoms with Crippen LogP contribution in [0, 0.1) is 18.3 Å². The molecule has 2 N–H and O–H groups in total. The Hall–Kier alpha value is -1.54. The first-order valence-corrected chi connectivity index (χ1v) is 3.98. The van der Waals surface area contributed by atoms with Crippen molar-refractivity contribution in [2.24, 2.45) is 5.73 Å². The lowest BCUT2D eigenvalue weighted by Gasteiger charge is -2.09. The van der Waals surface area contributed by atoms with Gasteiger partial charge >= 0.3 is 0 Å². The van der Waals surface area contributed by atoms with Crippen molar-refractivity contribution in [3.8, 4) is 6.07 Å². The zero-order valence-electron chi connectivity index (χ0n) is 7.59. The smallest absolute Gasteiger partial charge is 0.265 e. The fourth-order valence-corrected chi connectivity index (χ4v) is 1.23. The molecule has 0 radical (unpaired) electrons. The Balaban J connectivity index is 3.42. The van der Waals surface area contributed by atoms with Crippen LogP contribution in [0.25, 0.3) is 0 Å². The van der Waals surface area contributed by atoms with Crippen LogP contribution in [0.15, 0.2) is 6.20 Å². The van der Waals surface area contributed by atoms with Gasteiger partial charge in [-0.1, -0.05) is 0 Å². The zero-order chi connectivity index (χ0) is 10.7. The number of aryl methyl sites for hydroxylation is 1. The molecule has 0 amide bonds. The third-order valence-electron chi connectivity index (χ3n) is 1.96. The maximum Gasteiger partial charge on any atom is 0.265 e. The van der Waals surface area contributed by atoms with Crippen LogP contribution in [0.2, 0.25) is 0 Å². The summed E-state index contributed by atoms with van der Waals surface area (Å²) in [6.07, 6.45) is -1.57. The summed E-state index contributed by atoms with van der Waals surface area (Å²) >= 11 is 0. The van der Waals surface area contributed by atoms with Crippen LogP contribution in [-0.2, 0) is 6.54 Å². The Kier molecular flexibility index (Phi) is 3.10. The molecule has 0 saturated heterocycles. The summed E-state index contributed by atoms with van der Waals surface area (Å²) in [6, 6.07) is 1.83. The van der Waals surface area contributed by atoms with E-state index in [1.54, 1.807) is 6.92 Å². The van der Waals surface area contributed by atoms with Crippen molar-refractivity contribution in [3.05, 3.63) is 28.6 Å². The van der Waals surface area contributed by atoms with Crippen LogP contribution < -0.4 is 5.73 Å². The lowest BCUT2D eigenvalue weighted by atomic mass is 10.0. The van der Waals surface area contributed by atoms with Crippen LogP contribution in [0.3, 0.4) is 0 Å². The molecule has 14 heavy (non-hydrogen) atoms. The average Bonchev–Trinajstić information content (AvgIpc) is 2.16. The standard InChI is InChI=1S/C9H9F2N3/c1-5-6(2-12)7(3-13)8(4-14-5)9(10)11/h4,9H,3,13H2,1H3. The van der Waals surface area contributed by atoms with E-state index in [0.717, 1.165) is 6.20 Å². The molecule has 0 aliphatic rings. The highest BCUT2D eigenvalue weighted by molar-refractivity contribution is 5.44. The van der Waals surface area contributed by atoms with Crippen LogP contribution in [0.5, 0.6) is 0 Å². The number of alkyl halides is 2. The molecular formula is C9H9F2N3. The van der Waals surface area contributed by atoms with Crippen molar-refractivity contribution in [1.82, 2.24) is 4.98 Å². The summed E-state index contributed by atoms with van der Waals surface area (Å²) in [5.74, 6) is 0. The van der Waals surface area contributed by atoms with Crippen molar-refractivity contribution in [1.29, 1.82) is 5.26 Å². The molecule has 5 heteroatoms. The normalized spacial score (nSPS) is 10.3. The molecule has 0 atom stereocenters. The van der Waals surface area contributed by atoms with Crippen molar-refractivity contribution < 1.29 is 8.78 Å². The van der Waals surface area contributed by atoms with Crippen LogP contribution in [0.4, 0.5) is 8.78 Å². The lowest BCUT2D eigenvalue weighted by Crippen LogP contribution is -2.08. The summed E-state index contributed by atoms with van der Waals surface area (Å²) in [7, 11) is 0. The van der Waals surface area contributed by atoms with E-state index in [0.29, 0.717) is 5.69 Å². The second kappa shape index (κ2) is 4.11. The first kappa shape index (κ1) is 10.5. The molecule has 0 aliphatic carbocycles. The topological polar surface area (TPSA) is 62.7 Å². The third-order valence-corrected chi connectivity index (χ3v) is 1.96. The minimum absolute atomic E-state index is 0.0775. The number of nitriles is 1. The van der Waals surface area contributed by atoms with Crippen LogP contribution in [0.1, 0.15) is 28.8 Å². The fraction of sp³-hybridized carbons (Fsp3) is 0.333. The molecule has 1 heterocycles. The molecule has 3 nitrogen and oxygen atoms in total. The van der Waals surface area contributed by atoms with Gasteiger partial charge in [0.15, 0.2) is 0 Å². The van der Waals surface area contributed by atoms with Crippen molar-refractivity contribution in [3.63, 3.8) is 0 Å². The van der Waals surface area contributed by atoms with Gasteiger partial charge in [-0.25, -0.2) is 8.78 Å². The Morgan fingerprint density at radius 3 is 2.71 bits per heavy atom. The number of nitrogens with zero attached hydrogens (tertiary/aromatic N) is 2. The monoisotopic (exact) mass is 197 g/mol. The predicted octanol–water partition coefficient (Wildman–Crippen LogP) is 1.66. The number of aromatic nitrogens is 1. The lowest BCUT2D eigenvalue weighted by molar-refractivity contribution is 0.149. The Morgan fingerprint density at radius 2 is 2.29 bits per heavy atom. The maximum atomic E-state index is 12.5. The number of hydrogen-bond donors (Lipinski definition) is 1. The SMILES string of the molecule is Cc1ncc(C(F)F)c(CN)c1C#N. The van der Waals surface area contributed by atoms with Gasteiger partial charge in [-0.05, 0) is 12.5 Å². The maximum absolute atomic E-state index is 12.5. The van der Waals surface area contributed by atoms with Gasteiger partial charge in [0.25, 0.3) is 6.43 Å². The summed E-state index contributed by atoms with van der Waals surface area (Å²) in [5, 5.41) is 8.75. The van der Waals surface area contributed by atoms with E-state index in [4.69, 9.17) is 11.0 Å².